The summed E-state index contributed by atoms with van der Waals surface area (Å²) in [5.41, 5.74) is 0. The van der Waals surface area contributed by atoms with Gasteiger partial charge in [-0.05, 0) is 40.5 Å². The maximum absolute atomic E-state index is 9.87. The van der Waals surface area contributed by atoms with E-state index in [-0.39, 0.29) is 18.7 Å². The molecule has 0 aliphatic carbocycles. The molecule has 0 saturated heterocycles. The minimum Gasteiger partial charge on any atom is -0.396 e. The summed E-state index contributed by atoms with van der Waals surface area (Å²) < 4.78 is 0. The van der Waals surface area contributed by atoms with E-state index >= 15 is 0 Å². The second-order valence-electron chi connectivity index (χ2n) is 4.50. The Bertz CT molecular complexity index is 162. The summed E-state index contributed by atoms with van der Waals surface area (Å²) in [6.07, 6.45) is 0.308. The van der Waals surface area contributed by atoms with E-state index in [9.17, 15) is 5.11 Å². The second-order valence-corrected chi connectivity index (χ2v) is 4.50. The van der Waals surface area contributed by atoms with Gasteiger partial charge in [-0.2, -0.15) is 0 Å². The molecule has 0 rings (SSSR count). The first kappa shape index (κ1) is 15.8. The lowest BCUT2D eigenvalue weighted by Gasteiger charge is -2.40. The smallest absolute Gasteiger partial charge is 0.0682 e. The van der Waals surface area contributed by atoms with E-state index in [0.717, 1.165) is 13.1 Å². The van der Waals surface area contributed by atoms with Crippen LogP contribution in [0.1, 0.15) is 27.2 Å². The number of nitrogens with zero attached hydrogens (tertiary/aromatic N) is 2. The van der Waals surface area contributed by atoms with Crippen molar-refractivity contribution >= 4 is 0 Å². The molecule has 3 unspecified atom stereocenters. The van der Waals surface area contributed by atoms with E-state index < -0.39 is 6.10 Å². The van der Waals surface area contributed by atoms with Crippen molar-refractivity contribution in [1.82, 2.24) is 9.80 Å². The molecule has 0 aliphatic heterocycles. The number of aliphatic hydroxyl groups is 2. The molecule has 0 saturated carbocycles. The van der Waals surface area contributed by atoms with Crippen molar-refractivity contribution < 1.29 is 10.2 Å². The summed E-state index contributed by atoms with van der Waals surface area (Å²) in [5, 5.41) is 19.0. The molecule has 16 heavy (non-hydrogen) atoms. The zero-order valence-electron chi connectivity index (χ0n) is 11.3. The van der Waals surface area contributed by atoms with Crippen molar-refractivity contribution in [3.05, 3.63) is 0 Å². The van der Waals surface area contributed by atoms with E-state index in [0.29, 0.717) is 6.42 Å². The average molecular weight is 232 g/mol. The van der Waals surface area contributed by atoms with Gasteiger partial charge in [-0.3, -0.25) is 4.90 Å². The lowest BCUT2D eigenvalue weighted by atomic mass is 9.97. The molecule has 0 heterocycles. The fourth-order valence-corrected chi connectivity index (χ4v) is 2.49. The monoisotopic (exact) mass is 232 g/mol. The number of hydrogen-bond acceptors (Lipinski definition) is 4. The van der Waals surface area contributed by atoms with E-state index in [1.807, 2.05) is 25.9 Å². The highest BCUT2D eigenvalue weighted by Crippen LogP contribution is 2.16. The second kappa shape index (κ2) is 8.01. The van der Waals surface area contributed by atoms with Crippen molar-refractivity contribution in [3.63, 3.8) is 0 Å². The number of aliphatic hydroxyl groups excluding tert-OH is 2. The van der Waals surface area contributed by atoms with Crippen molar-refractivity contribution in [2.75, 3.05) is 33.8 Å². The van der Waals surface area contributed by atoms with Gasteiger partial charge in [0.25, 0.3) is 0 Å². The Morgan fingerprint density at radius 2 is 1.62 bits per heavy atom. The van der Waals surface area contributed by atoms with Crippen LogP contribution in [-0.2, 0) is 0 Å². The molecular weight excluding hydrogens is 204 g/mol. The quantitative estimate of drug-likeness (QED) is 0.635. The van der Waals surface area contributed by atoms with Gasteiger partial charge in [0.1, 0.15) is 0 Å². The average Bonchev–Trinajstić information content (AvgIpc) is 2.18. The molecule has 98 valence electrons. The third-order valence-corrected chi connectivity index (χ3v) is 3.19. The molecule has 0 amide bonds. The minimum absolute atomic E-state index is 0.0621. The number of hydrogen-bond donors (Lipinski definition) is 2. The predicted octanol–water partition coefficient (Wildman–Crippen LogP) is 0.390. The van der Waals surface area contributed by atoms with E-state index in [2.05, 4.69) is 18.7 Å². The molecule has 0 aromatic rings. The molecule has 3 atom stereocenters. The zero-order chi connectivity index (χ0) is 12.7. The van der Waals surface area contributed by atoms with Gasteiger partial charge in [0.2, 0.25) is 0 Å². The van der Waals surface area contributed by atoms with Gasteiger partial charge in [0.05, 0.1) is 12.1 Å². The van der Waals surface area contributed by atoms with Gasteiger partial charge in [-0.25, -0.2) is 0 Å². The van der Waals surface area contributed by atoms with Crippen LogP contribution in [-0.4, -0.2) is 72.0 Å². The van der Waals surface area contributed by atoms with Crippen molar-refractivity contribution in [1.29, 1.82) is 0 Å². The van der Waals surface area contributed by atoms with Crippen LogP contribution in [0.25, 0.3) is 0 Å². The normalized spacial score (nSPS) is 17.8. The van der Waals surface area contributed by atoms with Gasteiger partial charge >= 0.3 is 0 Å². The summed E-state index contributed by atoms with van der Waals surface area (Å²) >= 11 is 0. The van der Waals surface area contributed by atoms with Crippen LogP contribution in [0.5, 0.6) is 0 Å². The third kappa shape index (κ3) is 4.37. The predicted molar refractivity (Wildman–Crippen MR) is 67.6 cm³/mol. The Morgan fingerprint density at radius 1 is 1.12 bits per heavy atom. The van der Waals surface area contributed by atoms with E-state index in [1.165, 1.54) is 0 Å². The fraction of sp³-hybridized carbons (Fsp3) is 1.00. The molecule has 0 bridgehead atoms. The molecule has 4 heteroatoms. The minimum atomic E-state index is -0.396. The number of likely N-dealkylation sites (N-methyl/N-ethyl adjacent to an activating group) is 2. The highest BCUT2D eigenvalue weighted by Gasteiger charge is 2.30. The molecule has 0 aliphatic rings. The lowest BCUT2D eigenvalue weighted by Crippen LogP contribution is -2.54. The van der Waals surface area contributed by atoms with E-state index in [1.54, 1.807) is 0 Å². The first-order valence-electron chi connectivity index (χ1n) is 6.18. The highest BCUT2D eigenvalue weighted by atomic mass is 16.3. The first-order chi connectivity index (χ1) is 7.49. The summed E-state index contributed by atoms with van der Waals surface area (Å²) in [6.45, 7) is 8.10. The highest BCUT2D eigenvalue weighted by molar-refractivity contribution is 4.87. The van der Waals surface area contributed by atoms with Crippen LogP contribution in [0.4, 0.5) is 0 Å². The van der Waals surface area contributed by atoms with Gasteiger partial charge < -0.3 is 15.1 Å². The molecular formula is C12H28N2O2. The molecule has 0 radical (unpaired) electrons. The Balaban J connectivity index is 4.81. The molecule has 0 aromatic heterocycles. The van der Waals surface area contributed by atoms with Gasteiger partial charge in [0.15, 0.2) is 0 Å². The number of rotatable bonds is 8. The Hall–Kier alpha value is -0.160. The lowest BCUT2D eigenvalue weighted by molar-refractivity contribution is 0.0152. The Kier molecular flexibility index (Phi) is 7.93. The molecule has 0 aromatic carbocycles. The maximum atomic E-state index is 9.87. The Morgan fingerprint density at radius 3 is 1.88 bits per heavy atom. The van der Waals surface area contributed by atoms with Gasteiger partial charge in [-0.1, -0.05) is 13.8 Å². The molecule has 0 spiro atoms. The fourth-order valence-electron chi connectivity index (χ4n) is 2.49. The van der Waals surface area contributed by atoms with E-state index in [4.69, 9.17) is 5.11 Å². The summed E-state index contributed by atoms with van der Waals surface area (Å²) in [4.78, 5) is 4.34. The van der Waals surface area contributed by atoms with Crippen molar-refractivity contribution in [2.24, 2.45) is 0 Å². The van der Waals surface area contributed by atoms with Crippen LogP contribution in [0.15, 0.2) is 0 Å². The summed E-state index contributed by atoms with van der Waals surface area (Å²) in [5.74, 6) is 0. The maximum Gasteiger partial charge on any atom is 0.0682 e. The standard InChI is InChI=1S/C12H28N2O2/c1-6-14(7-2)11(8-9-15)12(10(3)16)13(4)5/h10-12,15-16H,6-9H2,1-5H3. The van der Waals surface area contributed by atoms with Crippen molar-refractivity contribution in [3.8, 4) is 0 Å². The molecule has 4 nitrogen and oxygen atoms in total. The van der Waals surface area contributed by atoms with Crippen molar-refractivity contribution in [2.45, 2.75) is 45.4 Å². The first-order valence-corrected chi connectivity index (χ1v) is 6.18. The van der Waals surface area contributed by atoms with Crippen LogP contribution in [0.3, 0.4) is 0 Å². The van der Waals surface area contributed by atoms with Crippen LogP contribution in [0.2, 0.25) is 0 Å². The summed E-state index contributed by atoms with van der Waals surface area (Å²) in [7, 11) is 3.95. The van der Waals surface area contributed by atoms with Crippen LogP contribution >= 0.6 is 0 Å². The largest absolute Gasteiger partial charge is 0.396 e. The third-order valence-electron chi connectivity index (χ3n) is 3.19. The topological polar surface area (TPSA) is 46.9 Å². The zero-order valence-corrected chi connectivity index (χ0v) is 11.3. The molecule has 2 N–H and O–H groups in total. The van der Waals surface area contributed by atoms with Gasteiger partial charge in [0, 0.05) is 12.6 Å². The van der Waals surface area contributed by atoms with Gasteiger partial charge in [-0.15, -0.1) is 0 Å². The summed E-state index contributed by atoms with van der Waals surface area (Å²) in [6, 6.07) is 0.266. The van der Waals surface area contributed by atoms with Crippen LogP contribution in [0, 0.1) is 0 Å². The molecule has 0 fully saturated rings. The SMILES string of the molecule is CCN(CC)C(CCO)C(C(C)O)N(C)C. The Labute approximate surface area is 99.9 Å². The van der Waals surface area contributed by atoms with Crippen LogP contribution < -0.4 is 0 Å².